The van der Waals surface area contributed by atoms with Crippen LogP contribution in [-0.2, 0) is 23.1 Å². The Morgan fingerprint density at radius 1 is 1.33 bits per heavy atom. The van der Waals surface area contributed by atoms with Crippen LogP contribution < -0.4 is 4.72 Å². The molecular weight excluding hydrogens is 355 g/mol. The number of nitrogens with one attached hydrogen (secondary N) is 1. The van der Waals surface area contributed by atoms with Gasteiger partial charge in [-0.1, -0.05) is 11.6 Å². The fourth-order valence-corrected chi connectivity index (χ4v) is 3.61. The second kappa shape index (κ2) is 6.46. The Labute approximate surface area is 143 Å². The number of fused-ring (bicyclic) bond motifs is 1. The van der Waals surface area contributed by atoms with E-state index in [0.717, 1.165) is 18.2 Å². The van der Waals surface area contributed by atoms with Gasteiger partial charge in [0.05, 0.1) is 16.5 Å². The van der Waals surface area contributed by atoms with Crippen molar-refractivity contribution in [2.75, 3.05) is 0 Å². The Kier molecular flexibility index (Phi) is 4.53. The standard InChI is InChI=1S/C15H14ClFN4O2S/c1-2-21-14(20-13-4-3-7-18-15(13)21)9-19-24(22,23)10-5-6-12(17)11(16)8-10/h3-8,19H,2,9H2,1H3. The molecule has 1 aromatic carbocycles. The number of hydrogen-bond acceptors (Lipinski definition) is 4. The van der Waals surface area contributed by atoms with Gasteiger partial charge in [0.2, 0.25) is 10.0 Å². The average Bonchev–Trinajstić information content (AvgIpc) is 2.93. The molecule has 3 rings (SSSR count). The van der Waals surface area contributed by atoms with Crippen LogP contribution in [0.5, 0.6) is 0 Å². The predicted octanol–water partition coefficient (Wildman–Crippen LogP) is 2.72. The van der Waals surface area contributed by atoms with Gasteiger partial charge in [-0.15, -0.1) is 0 Å². The van der Waals surface area contributed by atoms with Crippen molar-refractivity contribution in [2.45, 2.75) is 24.9 Å². The van der Waals surface area contributed by atoms with Crippen molar-refractivity contribution in [1.82, 2.24) is 19.3 Å². The van der Waals surface area contributed by atoms with E-state index in [9.17, 15) is 12.8 Å². The van der Waals surface area contributed by atoms with Crippen LogP contribution in [0, 0.1) is 5.82 Å². The van der Waals surface area contributed by atoms with Crippen molar-refractivity contribution >= 4 is 32.8 Å². The van der Waals surface area contributed by atoms with Crippen molar-refractivity contribution in [3.63, 3.8) is 0 Å². The fraction of sp³-hybridized carbons (Fsp3) is 0.200. The zero-order valence-corrected chi connectivity index (χ0v) is 14.3. The smallest absolute Gasteiger partial charge is 0.241 e. The minimum absolute atomic E-state index is 0.0124. The first-order chi connectivity index (χ1) is 11.4. The topological polar surface area (TPSA) is 76.9 Å². The molecule has 1 N–H and O–H groups in total. The minimum Gasteiger partial charge on any atom is -0.312 e. The monoisotopic (exact) mass is 368 g/mol. The van der Waals surface area contributed by atoms with E-state index in [2.05, 4.69) is 14.7 Å². The lowest BCUT2D eigenvalue weighted by molar-refractivity contribution is 0.575. The average molecular weight is 369 g/mol. The molecule has 6 nitrogen and oxygen atoms in total. The summed E-state index contributed by atoms with van der Waals surface area (Å²) in [6.07, 6.45) is 1.66. The molecule has 0 bridgehead atoms. The number of hydrogen-bond donors (Lipinski definition) is 1. The summed E-state index contributed by atoms with van der Waals surface area (Å²) in [4.78, 5) is 8.55. The second-order valence-corrected chi connectivity index (χ2v) is 7.19. The predicted molar refractivity (Wildman–Crippen MR) is 88.6 cm³/mol. The van der Waals surface area contributed by atoms with E-state index in [4.69, 9.17) is 11.6 Å². The van der Waals surface area contributed by atoms with Gasteiger partial charge in [0.1, 0.15) is 17.2 Å². The van der Waals surface area contributed by atoms with Crippen LogP contribution >= 0.6 is 11.6 Å². The molecule has 0 spiro atoms. The Morgan fingerprint density at radius 3 is 2.83 bits per heavy atom. The zero-order valence-electron chi connectivity index (χ0n) is 12.7. The molecule has 0 unspecified atom stereocenters. The van der Waals surface area contributed by atoms with Crippen molar-refractivity contribution < 1.29 is 12.8 Å². The van der Waals surface area contributed by atoms with Gasteiger partial charge in [-0.2, -0.15) is 0 Å². The number of aryl methyl sites for hydroxylation is 1. The zero-order chi connectivity index (χ0) is 17.3. The number of benzene rings is 1. The Balaban J connectivity index is 1.88. The molecule has 0 aliphatic heterocycles. The summed E-state index contributed by atoms with van der Waals surface area (Å²) >= 11 is 5.65. The maximum atomic E-state index is 13.2. The molecule has 2 aromatic heterocycles. The molecule has 0 saturated heterocycles. The van der Waals surface area contributed by atoms with Gasteiger partial charge in [-0.25, -0.2) is 27.5 Å². The van der Waals surface area contributed by atoms with Gasteiger partial charge in [0, 0.05) is 12.7 Å². The van der Waals surface area contributed by atoms with E-state index in [0.29, 0.717) is 23.5 Å². The number of nitrogens with zero attached hydrogens (tertiary/aromatic N) is 3. The summed E-state index contributed by atoms with van der Waals surface area (Å²) in [5, 5.41) is -0.247. The molecule has 0 amide bonds. The first-order valence-corrected chi connectivity index (χ1v) is 9.03. The lowest BCUT2D eigenvalue weighted by atomic mass is 10.3. The SMILES string of the molecule is CCn1c(CNS(=O)(=O)c2ccc(F)c(Cl)c2)nc2cccnc21. The third kappa shape index (κ3) is 3.12. The number of aromatic nitrogens is 3. The second-order valence-electron chi connectivity index (χ2n) is 5.02. The molecule has 9 heteroatoms. The maximum Gasteiger partial charge on any atom is 0.241 e. The molecule has 0 aliphatic rings. The van der Waals surface area contributed by atoms with Crippen LogP contribution in [0.3, 0.4) is 0 Å². The van der Waals surface area contributed by atoms with E-state index < -0.39 is 15.8 Å². The first kappa shape index (κ1) is 16.8. The molecule has 24 heavy (non-hydrogen) atoms. The summed E-state index contributed by atoms with van der Waals surface area (Å²) in [5.74, 6) is -0.127. The molecule has 0 atom stereocenters. The highest BCUT2D eigenvalue weighted by molar-refractivity contribution is 7.89. The van der Waals surface area contributed by atoms with Crippen LogP contribution in [0.4, 0.5) is 4.39 Å². The fourth-order valence-electron chi connectivity index (χ4n) is 2.36. The van der Waals surface area contributed by atoms with Crippen LogP contribution in [0.15, 0.2) is 41.4 Å². The minimum atomic E-state index is -3.84. The van der Waals surface area contributed by atoms with Crippen molar-refractivity contribution in [3.05, 3.63) is 53.2 Å². The van der Waals surface area contributed by atoms with Crippen molar-refractivity contribution in [1.29, 1.82) is 0 Å². The van der Waals surface area contributed by atoms with Gasteiger partial charge in [0.25, 0.3) is 0 Å². The van der Waals surface area contributed by atoms with E-state index in [1.165, 1.54) is 0 Å². The van der Waals surface area contributed by atoms with E-state index in [1.54, 1.807) is 12.3 Å². The Hall–Kier alpha value is -2.03. The highest BCUT2D eigenvalue weighted by Crippen LogP contribution is 2.20. The van der Waals surface area contributed by atoms with Crippen molar-refractivity contribution in [3.8, 4) is 0 Å². The summed E-state index contributed by atoms with van der Waals surface area (Å²) in [6.45, 7) is 2.52. The lowest BCUT2D eigenvalue weighted by Crippen LogP contribution is -2.25. The number of pyridine rings is 1. The number of rotatable bonds is 5. The normalized spacial score (nSPS) is 12.0. The van der Waals surface area contributed by atoms with E-state index >= 15 is 0 Å². The number of halogens is 2. The van der Waals surface area contributed by atoms with Gasteiger partial charge in [0.15, 0.2) is 5.65 Å². The highest BCUT2D eigenvalue weighted by Gasteiger charge is 2.18. The van der Waals surface area contributed by atoms with Gasteiger partial charge in [-0.05, 0) is 37.3 Å². The highest BCUT2D eigenvalue weighted by atomic mass is 35.5. The summed E-state index contributed by atoms with van der Waals surface area (Å²) in [6, 6.07) is 6.83. The van der Waals surface area contributed by atoms with Crippen LogP contribution in [0.1, 0.15) is 12.7 Å². The first-order valence-electron chi connectivity index (χ1n) is 7.17. The maximum absolute atomic E-state index is 13.2. The summed E-state index contributed by atoms with van der Waals surface area (Å²) < 4.78 is 42.1. The molecule has 3 aromatic rings. The van der Waals surface area contributed by atoms with Gasteiger partial charge >= 0.3 is 0 Å². The Morgan fingerprint density at radius 2 is 2.12 bits per heavy atom. The van der Waals surface area contributed by atoms with E-state index in [1.807, 2.05) is 17.6 Å². The summed E-state index contributed by atoms with van der Waals surface area (Å²) in [5.41, 5.74) is 1.39. The number of imidazole rings is 1. The summed E-state index contributed by atoms with van der Waals surface area (Å²) in [7, 11) is -3.84. The molecule has 126 valence electrons. The van der Waals surface area contributed by atoms with E-state index in [-0.39, 0.29) is 16.5 Å². The van der Waals surface area contributed by atoms with Crippen molar-refractivity contribution in [2.24, 2.45) is 0 Å². The third-order valence-electron chi connectivity index (χ3n) is 3.52. The van der Waals surface area contributed by atoms with Crippen LogP contribution in [-0.4, -0.2) is 23.0 Å². The number of sulfonamides is 1. The molecule has 2 heterocycles. The largest absolute Gasteiger partial charge is 0.312 e. The van der Waals surface area contributed by atoms with Gasteiger partial charge in [-0.3, -0.25) is 0 Å². The van der Waals surface area contributed by atoms with Crippen LogP contribution in [0.25, 0.3) is 11.2 Å². The molecule has 0 radical (unpaired) electrons. The lowest BCUT2D eigenvalue weighted by Gasteiger charge is -2.08. The van der Waals surface area contributed by atoms with Gasteiger partial charge < -0.3 is 4.57 Å². The quantitative estimate of drug-likeness (QED) is 0.751. The molecule has 0 saturated carbocycles. The Bertz CT molecular complexity index is 1000. The third-order valence-corrected chi connectivity index (χ3v) is 5.21. The molecular formula is C15H14ClFN4O2S. The van der Waals surface area contributed by atoms with Crippen LogP contribution in [0.2, 0.25) is 5.02 Å². The molecule has 0 aliphatic carbocycles. The molecule has 0 fully saturated rings.